The van der Waals surface area contributed by atoms with Gasteiger partial charge in [-0.3, -0.25) is 4.90 Å². The van der Waals surface area contributed by atoms with Crippen molar-refractivity contribution in [2.24, 2.45) is 0 Å². The van der Waals surface area contributed by atoms with Crippen LogP contribution in [0.15, 0.2) is 24.3 Å². The Balaban J connectivity index is 1.70. The number of hydrogen-bond acceptors (Lipinski definition) is 5. The average molecular weight is 315 g/mol. The highest BCUT2D eigenvalue weighted by molar-refractivity contribution is 5.55. The average Bonchev–Trinajstić information content (AvgIpc) is 3.14. The van der Waals surface area contributed by atoms with E-state index in [1.807, 2.05) is 0 Å². The number of ether oxygens (including phenoxy) is 4. The van der Waals surface area contributed by atoms with Gasteiger partial charge >= 0.3 is 0 Å². The van der Waals surface area contributed by atoms with Crippen molar-refractivity contribution in [3.05, 3.63) is 35.4 Å². The summed E-state index contributed by atoms with van der Waals surface area (Å²) in [6.45, 7) is 1.89. The maximum Gasteiger partial charge on any atom is 0.231 e. The van der Waals surface area contributed by atoms with E-state index in [9.17, 15) is 0 Å². The van der Waals surface area contributed by atoms with Gasteiger partial charge < -0.3 is 18.9 Å². The van der Waals surface area contributed by atoms with Crippen LogP contribution in [0.3, 0.4) is 0 Å². The number of rotatable bonds is 1. The normalized spacial score (nSPS) is 37.4. The van der Waals surface area contributed by atoms with Gasteiger partial charge in [-0.2, -0.15) is 0 Å². The topological polar surface area (TPSA) is 40.2 Å². The first-order valence-electron chi connectivity index (χ1n) is 8.19. The van der Waals surface area contributed by atoms with Crippen LogP contribution < -0.4 is 9.47 Å². The molecular weight excluding hydrogens is 294 g/mol. The van der Waals surface area contributed by atoms with Gasteiger partial charge in [-0.1, -0.05) is 12.2 Å². The fraction of sp³-hybridized carbons (Fsp3) is 0.556. The number of fused-ring (bicyclic) bond motifs is 2. The van der Waals surface area contributed by atoms with Crippen LogP contribution in [-0.4, -0.2) is 50.6 Å². The monoisotopic (exact) mass is 315 g/mol. The molecule has 0 unspecified atom stereocenters. The fourth-order valence-electron chi connectivity index (χ4n) is 4.78. The van der Waals surface area contributed by atoms with Gasteiger partial charge in [-0.25, -0.2) is 0 Å². The van der Waals surface area contributed by atoms with Crippen LogP contribution >= 0.6 is 0 Å². The molecule has 1 fully saturated rings. The summed E-state index contributed by atoms with van der Waals surface area (Å²) < 4.78 is 23.0. The summed E-state index contributed by atoms with van der Waals surface area (Å²) in [7, 11) is 3.97. The molecule has 3 aliphatic heterocycles. The summed E-state index contributed by atoms with van der Waals surface area (Å²) in [4.78, 5) is 2.42. The number of nitrogens with zero attached hydrogens (tertiary/aromatic N) is 1. The highest BCUT2D eigenvalue weighted by Gasteiger charge is 2.57. The van der Waals surface area contributed by atoms with Crippen molar-refractivity contribution in [2.45, 2.75) is 36.7 Å². The van der Waals surface area contributed by atoms with Crippen LogP contribution in [0, 0.1) is 0 Å². The summed E-state index contributed by atoms with van der Waals surface area (Å²) >= 11 is 0. The van der Waals surface area contributed by atoms with Crippen LogP contribution in [0.4, 0.5) is 0 Å². The Morgan fingerprint density at radius 1 is 1.26 bits per heavy atom. The lowest BCUT2D eigenvalue weighted by atomic mass is 9.65. The molecule has 4 atom stereocenters. The highest BCUT2D eigenvalue weighted by Crippen LogP contribution is 2.52. The Morgan fingerprint density at radius 3 is 2.91 bits per heavy atom. The zero-order chi connectivity index (χ0) is 15.6. The number of methoxy groups -OCH3 is 1. The van der Waals surface area contributed by atoms with Crippen LogP contribution in [0.5, 0.6) is 11.5 Å². The van der Waals surface area contributed by atoms with Gasteiger partial charge in [-0.05, 0) is 36.7 Å². The van der Waals surface area contributed by atoms with E-state index in [0.717, 1.165) is 24.5 Å². The molecule has 5 rings (SSSR count). The molecule has 1 aromatic rings. The number of hydrogen-bond donors (Lipinski definition) is 0. The first-order valence-corrected chi connectivity index (χ1v) is 8.19. The molecule has 0 aromatic heterocycles. The Labute approximate surface area is 135 Å². The van der Waals surface area contributed by atoms with Gasteiger partial charge in [0, 0.05) is 19.7 Å². The van der Waals surface area contributed by atoms with E-state index >= 15 is 0 Å². The standard InChI is InChI=1S/C18H21NO4/c1-19-8-17-18(4-3-12(20-2)6-16(18)19)13-7-15-14(22-10-23-15)5-11(13)9-21-17/h3-5,7,12,16-17H,6,8-10H2,1-2H3/t12-,16+,17-,18+/m1/s1. The highest BCUT2D eigenvalue weighted by atomic mass is 16.7. The van der Waals surface area contributed by atoms with Crippen LogP contribution in [0.25, 0.3) is 0 Å². The molecule has 1 aliphatic carbocycles. The fourth-order valence-corrected chi connectivity index (χ4v) is 4.78. The summed E-state index contributed by atoms with van der Waals surface area (Å²) in [5.74, 6) is 1.69. The molecule has 1 aromatic carbocycles. The molecule has 5 nitrogen and oxygen atoms in total. The van der Waals surface area contributed by atoms with Crippen molar-refractivity contribution in [3.63, 3.8) is 0 Å². The molecule has 5 heteroatoms. The van der Waals surface area contributed by atoms with Gasteiger partial charge in [0.25, 0.3) is 0 Å². The van der Waals surface area contributed by atoms with Crippen LogP contribution in [0.2, 0.25) is 0 Å². The Hall–Kier alpha value is -1.56. The van der Waals surface area contributed by atoms with Crippen molar-refractivity contribution in [1.82, 2.24) is 4.90 Å². The van der Waals surface area contributed by atoms with Crippen molar-refractivity contribution < 1.29 is 18.9 Å². The lowest BCUT2D eigenvalue weighted by Crippen LogP contribution is -2.51. The van der Waals surface area contributed by atoms with Gasteiger partial charge in [-0.15, -0.1) is 0 Å². The largest absolute Gasteiger partial charge is 0.454 e. The van der Waals surface area contributed by atoms with Crippen molar-refractivity contribution in [2.75, 3.05) is 27.5 Å². The van der Waals surface area contributed by atoms with Gasteiger partial charge in [0.15, 0.2) is 11.5 Å². The third-order valence-corrected chi connectivity index (χ3v) is 5.92. The van der Waals surface area contributed by atoms with E-state index in [-0.39, 0.29) is 17.6 Å². The van der Waals surface area contributed by atoms with E-state index < -0.39 is 0 Å². The summed E-state index contributed by atoms with van der Waals surface area (Å²) in [6.07, 6.45) is 5.86. The van der Waals surface area contributed by atoms with Crippen molar-refractivity contribution in [1.29, 1.82) is 0 Å². The van der Waals surface area contributed by atoms with Crippen molar-refractivity contribution in [3.8, 4) is 11.5 Å². The molecule has 0 amide bonds. The van der Waals surface area contributed by atoms with E-state index in [1.54, 1.807) is 7.11 Å². The predicted octanol–water partition coefficient (Wildman–Crippen LogP) is 1.84. The maximum atomic E-state index is 6.26. The minimum atomic E-state index is -0.113. The molecule has 0 bridgehead atoms. The van der Waals surface area contributed by atoms with E-state index in [1.165, 1.54) is 11.1 Å². The molecule has 122 valence electrons. The minimum Gasteiger partial charge on any atom is -0.454 e. The second kappa shape index (κ2) is 4.72. The van der Waals surface area contributed by atoms with Gasteiger partial charge in [0.1, 0.15) is 0 Å². The summed E-state index contributed by atoms with van der Waals surface area (Å²) in [6, 6.07) is 4.65. The Morgan fingerprint density at radius 2 is 2.09 bits per heavy atom. The van der Waals surface area contributed by atoms with E-state index in [2.05, 4.69) is 36.2 Å². The first-order chi connectivity index (χ1) is 11.2. The third kappa shape index (κ3) is 1.73. The quantitative estimate of drug-likeness (QED) is 0.740. The second-order valence-electron chi connectivity index (χ2n) is 6.92. The molecule has 0 radical (unpaired) electrons. The Kier molecular flexibility index (Phi) is 2.84. The lowest BCUT2D eigenvalue weighted by molar-refractivity contribution is -0.00301. The third-order valence-electron chi connectivity index (χ3n) is 5.92. The van der Waals surface area contributed by atoms with Gasteiger partial charge in [0.2, 0.25) is 6.79 Å². The molecule has 0 N–H and O–H groups in total. The molecule has 0 saturated carbocycles. The predicted molar refractivity (Wildman–Crippen MR) is 83.8 cm³/mol. The first kappa shape index (κ1) is 13.8. The maximum absolute atomic E-state index is 6.26. The molecule has 23 heavy (non-hydrogen) atoms. The van der Waals surface area contributed by atoms with E-state index in [0.29, 0.717) is 19.4 Å². The minimum absolute atomic E-state index is 0.113. The zero-order valence-corrected chi connectivity index (χ0v) is 13.5. The van der Waals surface area contributed by atoms with Crippen LogP contribution in [0.1, 0.15) is 17.5 Å². The molecule has 1 spiro atoms. The lowest BCUT2D eigenvalue weighted by Gasteiger charge is -2.45. The molecule has 1 saturated heterocycles. The van der Waals surface area contributed by atoms with Gasteiger partial charge in [0.05, 0.1) is 24.2 Å². The number of likely N-dealkylation sites (tertiary alicyclic amines) is 1. The number of benzene rings is 1. The van der Waals surface area contributed by atoms with Crippen LogP contribution in [-0.2, 0) is 21.5 Å². The summed E-state index contributed by atoms with van der Waals surface area (Å²) in [5, 5.41) is 0. The zero-order valence-electron chi connectivity index (χ0n) is 13.5. The molecular formula is C18H21NO4. The van der Waals surface area contributed by atoms with Crippen molar-refractivity contribution >= 4 is 0 Å². The Bertz CT molecular complexity index is 688. The SMILES string of the molecule is CO[C@@H]1C=C[C@@]23c4cc5c(cc4CO[C@@H]2CN(C)[C@H]3C1)OCO5. The van der Waals surface area contributed by atoms with E-state index in [4.69, 9.17) is 18.9 Å². The molecule has 4 aliphatic rings. The smallest absolute Gasteiger partial charge is 0.231 e. The second-order valence-corrected chi connectivity index (χ2v) is 6.92. The molecule has 3 heterocycles. The number of likely N-dealkylation sites (N-methyl/N-ethyl adjacent to an activating group) is 1. The summed E-state index contributed by atoms with van der Waals surface area (Å²) in [5.41, 5.74) is 2.43.